The number of ether oxygens (including phenoxy) is 1. The second-order valence-corrected chi connectivity index (χ2v) is 7.20. The fourth-order valence-corrected chi connectivity index (χ4v) is 3.34. The van der Waals surface area contributed by atoms with Crippen LogP contribution in [0.4, 0.5) is 0 Å². The van der Waals surface area contributed by atoms with E-state index in [1.165, 1.54) is 6.92 Å². The number of benzene rings is 1. The van der Waals surface area contributed by atoms with Crippen LogP contribution in [0.2, 0.25) is 5.02 Å². The zero-order chi connectivity index (χ0) is 18.9. The van der Waals surface area contributed by atoms with Crippen molar-refractivity contribution in [2.75, 3.05) is 39.9 Å². The maximum atomic E-state index is 12.4. The quantitative estimate of drug-likeness (QED) is 0.686. The minimum Gasteiger partial charge on any atom is -0.383 e. The van der Waals surface area contributed by atoms with Crippen LogP contribution in [0.25, 0.3) is 0 Å². The lowest BCUT2D eigenvalue weighted by molar-refractivity contribution is -0.122. The molecular weight excluding hydrogens is 354 g/mol. The van der Waals surface area contributed by atoms with Gasteiger partial charge in [0.05, 0.1) is 19.1 Å². The molecule has 0 radical (unpaired) electrons. The normalized spacial score (nSPS) is 18.5. The van der Waals surface area contributed by atoms with E-state index < -0.39 is 0 Å². The van der Waals surface area contributed by atoms with Crippen LogP contribution in [0.3, 0.4) is 0 Å². The highest BCUT2D eigenvalue weighted by atomic mass is 35.5. The molecule has 1 heterocycles. The number of methoxy groups -OCH3 is 1. The van der Waals surface area contributed by atoms with Crippen LogP contribution in [-0.4, -0.2) is 56.6 Å². The fourth-order valence-electron chi connectivity index (χ4n) is 3.21. The van der Waals surface area contributed by atoms with E-state index in [0.29, 0.717) is 17.5 Å². The van der Waals surface area contributed by atoms with Gasteiger partial charge in [0.1, 0.15) is 0 Å². The molecule has 2 amide bonds. The standard InChI is InChI=1S/C19H28ClN3O3/c1-14(24)22-18(16-3-5-17(20)6-4-16)11-19(25)21-12-15-7-8-23(13-15)9-10-26-2/h3-6,15,18H,7-13H2,1-2H3,(H,21,25)(H,22,24)/t15-,18+/m1/s1. The van der Waals surface area contributed by atoms with Gasteiger partial charge in [-0.2, -0.15) is 0 Å². The first-order valence-corrected chi connectivity index (χ1v) is 9.36. The van der Waals surface area contributed by atoms with Crippen molar-refractivity contribution >= 4 is 23.4 Å². The van der Waals surface area contributed by atoms with E-state index in [2.05, 4.69) is 15.5 Å². The largest absolute Gasteiger partial charge is 0.383 e. The summed E-state index contributed by atoms with van der Waals surface area (Å²) in [7, 11) is 1.71. The molecule has 2 atom stereocenters. The second kappa shape index (κ2) is 10.5. The van der Waals surface area contributed by atoms with Crippen molar-refractivity contribution < 1.29 is 14.3 Å². The summed E-state index contributed by atoms with van der Waals surface area (Å²) in [4.78, 5) is 26.2. The molecule has 0 saturated carbocycles. The van der Waals surface area contributed by atoms with E-state index >= 15 is 0 Å². The number of amides is 2. The third kappa shape index (κ3) is 6.94. The molecule has 26 heavy (non-hydrogen) atoms. The summed E-state index contributed by atoms with van der Waals surface area (Å²) < 4.78 is 5.11. The highest BCUT2D eigenvalue weighted by Gasteiger charge is 2.23. The van der Waals surface area contributed by atoms with Gasteiger partial charge in [0, 0.05) is 38.7 Å². The van der Waals surface area contributed by atoms with Gasteiger partial charge < -0.3 is 20.3 Å². The molecule has 7 heteroatoms. The van der Waals surface area contributed by atoms with Gasteiger partial charge in [-0.15, -0.1) is 0 Å². The highest BCUT2D eigenvalue weighted by Crippen LogP contribution is 2.20. The number of rotatable bonds is 9. The zero-order valence-electron chi connectivity index (χ0n) is 15.5. The summed E-state index contributed by atoms with van der Waals surface area (Å²) in [6.45, 7) is 5.81. The fraction of sp³-hybridized carbons (Fsp3) is 0.579. The van der Waals surface area contributed by atoms with Crippen LogP contribution in [0.5, 0.6) is 0 Å². The van der Waals surface area contributed by atoms with E-state index in [1.807, 2.05) is 12.1 Å². The van der Waals surface area contributed by atoms with Crippen molar-refractivity contribution in [3.05, 3.63) is 34.9 Å². The molecule has 1 aliphatic rings. The molecule has 2 rings (SSSR count). The Morgan fingerprint density at radius 3 is 2.73 bits per heavy atom. The van der Waals surface area contributed by atoms with Gasteiger partial charge in [0.15, 0.2) is 0 Å². The Morgan fingerprint density at radius 2 is 2.08 bits per heavy atom. The molecule has 6 nitrogen and oxygen atoms in total. The summed E-state index contributed by atoms with van der Waals surface area (Å²) in [6.07, 6.45) is 1.29. The Bertz CT molecular complexity index is 594. The number of hydrogen-bond acceptors (Lipinski definition) is 4. The van der Waals surface area contributed by atoms with Gasteiger partial charge in [0.25, 0.3) is 0 Å². The average molecular weight is 382 g/mol. The van der Waals surface area contributed by atoms with E-state index in [9.17, 15) is 9.59 Å². The third-order valence-corrected chi connectivity index (χ3v) is 4.86. The number of halogens is 1. The predicted octanol–water partition coefficient (Wildman–Crippen LogP) is 1.99. The SMILES string of the molecule is COCCN1CC[C@H](CNC(=O)C[C@H](NC(C)=O)c2ccc(Cl)cc2)C1. The Kier molecular flexibility index (Phi) is 8.35. The predicted molar refractivity (Wildman–Crippen MR) is 102 cm³/mol. The van der Waals surface area contributed by atoms with E-state index in [4.69, 9.17) is 16.3 Å². The zero-order valence-corrected chi connectivity index (χ0v) is 16.2. The molecule has 0 bridgehead atoms. The van der Waals surface area contributed by atoms with Crippen molar-refractivity contribution in [2.45, 2.75) is 25.8 Å². The van der Waals surface area contributed by atoms with Crippen molar-refractivity contribution in [1.82, 2.24) is 15.5 Å². The van der Waals surface area contributed by atoms with E-state index in [0.717, 1.165) is 38.2 Å². The smallest absolute Gasteiger partial charge is 0.222 e. The van der Waals surface area contributed by atoms with Crippen molar-refractivity contribution in [3.8, 4) is 0 Å². The van der Waals surface area contributed by atoms with Gasteiger partial charge in [-0.3, -0.25) is 9.59 Å². The number of nitrogens with zero attached hydrogens (tertiary/aromatic N) is 1. The van der Waals surface area contributed by atoms with Crippen LogP contribution >= 0.6 is 11.6 Å². The summed E-state index contributed by atoms with van der Waals surface area (Å²) >= 11 is 5.92. The topological polar surface area (TPSA) is 70.7 Å². The first-order valence-electron chi connectivity index (χ1n) is 8.98. The van der Waals surface area contributed by atoms with Gasteiger partial charge in [-0.1, -0.05) is 23.7 Å². The Morgan fingerprint density at radius 1 is 1.35 bits per heavy atom. The van der Waals surface area contributed by atoms with Crippen LogP contribution in [-0.2, 0) is 14.3 Å². The Balaban J connectivity index is 1.81. The lowest BCUT2D eigenvalue weighted by Gasteiger charge is -2.19. The van der Waals surface area contributed by atoms with Crippen molar-refractivity contribution in [1.29, 1.82) is 0 Å². The monoisotopic (exact) mass is 381 g/mol. The number of likely N-dealkylation sites (tertiary alicyclic amines) is 1. The lowest BCUT2D eigenvalue weighted by Crippen LogP contribution is -2.35. The lowest BCUT2D eigenvalue weighted by atomic mass is 10.0. The number of carbonyl (C=O) groups excluding carboxylic acids is 2. The number of nitrogens with one attached hydrogen (secondary N) is 2. The first-order chi connectivity index (χ1) is 12.5. The molecule has 1 fully saturated rings. The van der Waals surface area contributed by atoms with Crippen molar-refractivity contribution in [2.24, 2.45) is 5.92 Å². The Labute approximate surface area is 160 Å². The summed E-state index contributed by atoms with van der Waals surface area (Å²) in [5, 5.41) is 6.48. The number of carbonyl (C=O) groups is 2. The minimum atomic E-state index is -0.355. The maximum Gasteiger partial charge on any atom is 0.222 e. The van der Waals surface area contributed by atoms with Crippen LogP contribution in [0.15, 0.2) is 24.3 Å². The molecule has 0 aliphatic carbocycles. The molecule has 1 aliphatic heterocycles. The van der Waals surface area contributed by atoms with Gasteiger partial charge in [-0.05, 0) is 36.6 Å². The summed E-state index contributed by atoms with van der Waals surface area (Å²) in [5.41, 5.74) is 0.867. The molecule has 0 aromatic heterocycles. The van der Waals surface area contributed by atoms with Gasteiger partial charge in [0.2, 0.25) is 11.8 Å². The second-order valence-electron chi connectivity index (χ2n) is 6.76. The average Bonchev–Trinajstić information content (AvgIpc) is 3.06. The van der Waals surface area contributed by atoms with E-state index in [1.54, 1.807) is 19.2 Å². The van der Waals surface area contributed by atoms with E-state index in [-0.39, 0.29) is 24.3 Å². The molecule has 0 unspecified atom stereocenters. The third-order valence-electron chi connectivity index (χ3n) is 4.61. The molecule has 0 spiro atoms. The molecule has 1 aromatic carbocycles. The maximum absolute atomic E-state index is 12.4. The molecule has 2 N–H and O–H groups in total. The number of hydrogen-bond donors (Lipinski definition) is 2. The summed E-state index contributed by atoms with van der Waals surface area (Å²) in [5.74, 6) is 0.238. The molecular formula is C19H28ClN3O3. The van der Waals surface area contributed by atoms with Crippen LogP contribution in [0.1, 0.15) is 31.4 Å². The minimum absolute atomic E-state index is 0.0611. The Hall–Kier alpha value is -1.63. The van der Waals surface area contributed by atoms with Crippen LogP contribution < -0.4 is 10.6 Å². The highest BCUT2D eigenvalue weighted by molar-refractivity contribution is 6.30. The molecule has 1 aromatic rings. The summed E-state index contributed by atoms with van der Waals surface area (Å²) in [6, 6.07) is 6.83. The van der Waals surface area contributed by atoms with Gasteiger partial charge in [-0.25, -0.2) is 0 Å². The molecule has 1 saturated heterocycles. The van der Waals surface area contributed by atoms with Gasteiger partial charge >= 0.3 is 0 Å². The molecule has 144 valence electrons. The van der Waals surface area contributed by atoms with Crippen LogP contribution in [0, 0.1) is 5.92 Å². The van der Waals surface area contributed by atoms with Crippen molar-refractivity contribution in [3.63, 3.8) is 0 Å². The first kappa shape index (κ1) is 20.7.